The molecular weight excluding hydrogens is 470 g/mol. The average molecular weight is 498 g/mol. The van der Waals surface area contributed by atoms with Gasteiger partial charge in [0, 0.05) is 24.6 Å². The second kappa shape index (κ2) is 9.61. The van der Waals surface area contributed by atoms with E-state index in [2.05, 4.69) is 46.0 Å². The molecule has 2 fully saturated rings. The maximum absolute atomic E-state index is 13.6. The molecule has 1 saturated heterocycles. The number of para-hydroxylation sites is 1. The first-order chi connectivity index (χ1) is 14.9. The molecule has 0 spiro atoms. The normalized spacial score (nSPS) is 24.3. The molecule has 0 N–H and O–H groups in total. The third kappa shape index (κ3) is 4.90. The fourth-order valence-corrected chi connectivity index (χ4v) is 6.07. The summed E-state index contributed by atoms with van der Waals surface area (Å²) in [5.41, 5.74) is 2.99. The van der Waals surface area contributed by atoms with Crippen molar-refractivity contribution in [2.45, 2.75) is 38.6 Å². The van der Waals surface area contributed by atoms with Crippen LogP contribution in [0.2, 0.25) is 0 Å². The van der Waals surface area contributed by atoms with E-state index in [9.17, 15) is 4.79 Å². The molecule has 162 valence electrons. The standard InChI is InChI=1S/C25H28BrN3OS/c1-17-9-7-8-12-21(17)29-24(30)23(31-25(29)27-19-10-5-4-6-11-19)16-18-13-14-22(28(2)3)20(26)15-18/h4-6,10-11,13-17,21H,7-9,12H2,1-3H3/b23-16-,27-25?/t17-,21+/m1/s1. The van der Waals surface area contributed by atoms with Crippen LogP contribution in [0.3, 0.4) is 0 Å². The van der Waals surface area contributed by atoms with Gasteiger partial charge in [-0.3, -0.25) is 9.69 Å². The summed E-state index contributed by atoms with van der Waals surface area (Å²) in [6.45, 7) is 2.26. The first-order valence-corrected chi connectivity index (χ1v) is 12.4. The molecule has 1 amide bonds. The van der Waals surface area contributed by atoms with Gasteiger partial charge in [0.25, 0.3) is 5.91 Å². The number of amides is 1. The van der Waals surface area contributed by atoms with E-state index in [4.69, 9.17) is 4.99 Å². The maximum Gasteiger partial charge on any atom is 0.267 e. The number of hydrogen-bond acceptors (Lipinski definition) is 4. The van der Waals surface area contributed by atoms with E-state index >= 15 is 0 Å². The Hall–Kier alpha value is -2.05. The smallest absolute Gasteiger partial charge is 0.267 e. The molecule has 0 radical (unpaired) electrons. The minimum Gasteiger partial charge on any atom is -0.377 e. The summed E-state index contributed by atoms with van der Waals surface area (Å²) < 4.78 is 1.01. The van der Waals surface area contributed by atoms with Crippen molar-refractivity contribution >= 4 is 56.2 Å². The van der Waals surface area contributed by atoms with Crippen molar-refractivity contribution in [3.63, 3.8) is 0 Å². The van der Waals surface area contributed by atoms with Gasteiger partial charge < -0.3 is 4.90 Å². The molecule has 1 heterocycles. The SMILES string of the molecule is C[C@@H]1CCCC[C@@H]1N1C(=O)/C(=C/c2ccc(N(C)C)c(Br)c2)SC1=Nc1ccccc1. The second-order valence-corrected chi connectivity index (χ2v) is 10.3. The molecule has 4 rings (SSSR count). The summed E-state index contributed by atoms with van der Waals surface area (Å²) in [6.07, 6.45) is 6.60. The van der Waals surface area contributed by atoms with Crippen molar-refractivity contribution in [1.29, 1.82) is 0 Å². The van der Waals surface area contributed by atoms with Crippen LogP contribution in [0.25, 0.3) is 6.08 Å². The number of nitrogens with zero attached hydrogens (tertiary/aromatic N) is 3. The lowest BCUT2D eigenvalue weighted by Crippen LogP contribution is -2.44. The Balaban J connectivity index is 1.70. The summed E-state index contributed by atoms with van der Waals surface area (Å²) in [6, 6.07) is 16.3. The molecule has 31 heavy (non-hydrogen) atoms. The van der Waals surface area contributed by atoms with Crippen LogP contribution >= 0.6 is 27.7 Å². The van der Waals surface area contributed by atoms with Gasteiger partial charge in [0.2, 0.25) is 0 Å². The number of carbonyl (C=O) groups excluding carboxylic acids is 1. The Morgan fingerprint density at radius 1 is 1.13 bits per heavy atom. The minimum atomic E-state index is 0.0752. The quantitative estimate of drug-likeness (QED) is 0.440. The highest BCUT2D eigenvalue weighted by atomic mass is 79.9. The monoisotopic (exact) mass is 497 g/mol. The first kappa shape index (κ1) is 22.2. The van der Waals surface area contributed by atoms with Crippen LogP contribution in [0.1, 0.15) is 38.2 Å². The average Bonchev–Trinajstić information content (AvgIpc) is 3.03. The van der Waals surface area contributed by atoms with Gasteiger partial charge in [-0.25, -0.2) is 4.99 Å². The molecular formula is C25H28BrN3OS. The number of benzene rings is 2. The van der Waals surface area contributed by atoms with Crippen LogP contribution in [-0.2, 0) is 4.79 Å². The number of halogens is 1. The number of amidine groups is 1. The van der Waals surface area contributed by atoms with Crippen molar-refractivity contribution in [1.82, 2.24) is 4.90 Å². The molecule has 2 aromatic carbocycles. The Bertz CT molecular complexity index is 1020. The van der Waals surface area contributed by atoms with Crippen molar-refractivity contribution in [2.24, 2.45) is 10.9 Å². The number of aliphatic imine (C=N–C) groups is 1. The molecule has 2 aliphatic rings. The van der Waals surface area contributed by atoms with E-state index in [1.165, 1.54) is 24.6 Å². The van der Waals surface area contributed by atoms with Crippen LogP contribution < -0.4 is 4.90 Å². The second-order valence-electron chi connectivity index (χ2n) is 8.45. The fourth-order valence-electron chi connectivity index (χ4n) is 4.28. The largest absolute Gasteiger partial charge is 0.377 e. The van der Waals surface area contributed by atoms with Crippen molar-refractivity contribution in [3.05, 3.63) is 63.5 Å². The Morgan fingerprint density at radius 3 is 2.55 bits per heavy atom. The molecule has 0 aromatic heterocycles. The number of carbonyl (C=O) groups is 1. The molecule has 2 aromatic rings. The molecule has 1 aliphatic carbocycles. The van der Waals surface area contributed by atoms with Crippen molar-refractivity contribution in [3.8, 4) is 0 Å². The van der Waals surface area contributed by atoms with E-state index in [1.807, 2.05) is 55.4 Å². The van der Waals surface area contributed by atoms with Gasteiger partial charge in [0.1, 0.15) is 0 Å². The lowest BCUT2D eigenvalue weighted by Gasteiger charge is -2.35. The first-order valence-electron chi connectivity index (χ1n) is 10.8. The predicted molar refractivity (Wildman–Crippen MR) is 136 cm³/mol. The summed E-state index contributed by atoms with van der Waals surface area (Å²) in [7, 11) is 4.04. The third-order valence-corrected chi connectivity index (χ3v) is 7.59. The topological polar surface area (TPSA) is 35.9 Å². The lowest BCUT2D eigenvalue weighted by atomic mass is 9.85. The molecule has 0 unspecified atom stereocenters. The van der Waals surface area contributed by atoms with E-state index in [1.54, 1.807) is 0 Å². The van der Waals surface area contributed by atoms with E-state index in [0.717, 1.165) is 44.3 Å². The third-order valence-electron chi connectivity index (χ3n) is 5.97. The van der Waals surface area contributed by atoms with Gasteiger partial charge in [0.15, 0.2) is 5.17 Å². The molecule has 0 bridgehead atoms. The van der Waals surface area contributed by atoms with Crippen LogP contribution in [0.5, 0.6) is 0 Å². The van der Waals surface area contributed by atoms with E-state index in [0.29, 0.717) is 5.92 Å². The van der Waals surface area contributed by atoms with E-state index in [-0.39, 0.29) is 11.9 Å². The summed E-state index contributed by atoms with van der Waals surface area (Å²) >= 11 is 5.14. The van der Waals surface area contributed by atoms with Gasteiger partial charge in [0.05, 0.1) is 16.3 Å². The zero-order chi connectivity index (χ0) is 22.0. The number of rotatable bonds is 4. The highest BCUT2D eigenvalue weighted by Crippen LogP contribution is 2.40. The molecule has 1 saturated carbocycles. The van der Waals surface area contributed by atoms with Crippen LogP contribution in [-0.4, -0.2) is 36.1 Å². The van der Waals surface area contributed by atoms with Crippen molar-refractivity contribution < 1.29 is 4.79 Å². The Labute approximate surface area is 197 Å². The maximum atomic E-state index is 13.6. The zero-order valence-corrected chi connectivity index (χ0v) is 20.6. The summed E-state index contributed by atoms with van der Waals surface area (Å²) in [5, 5.41) is 0.796. The van der Waals surface area contributed by atoms with E-state index < -0.39 is 0 Å². The summed E-state index contributed by atoms with van der Waals surface area (Å²) in [5.74, 6) is 0.554. The molecule has 4 nitrogen and oxygen atoms in total. The minimum absolute atomic E-state index is 0.0752. The highest BCUT2D eigenvalue weighted by molar-refractivity contribution is 9.10. The van der Waals surface area contributed by atoms with Gasteiger partial charge in [-0.2, -0.15) is 0 Å². The zero-order valence-electron chi connectivity index (χ0n) is 18.2. The van der Waals surface area contributed by atoms with Gasteiger partial charge in [-0.05, 0) is 82.4 Å². The van der Waals surface area contributed by atoms with Crippen LogP contribution in [0.4, 0.5) is 11.4 Å². The molecule has 1 aliphatic heterocycles. The van der Waals surface area contributed by atoms with Gasteiger partial charge in [-0.15, -0.1) is 0 Å². The van der Waals surface area contributed by atoms with Crippen molar-refractivity contribution in [2.75, 3.05) is 19.0 Å². The summed E-state index contributed by atoms with van der Waals surface area (Å²) in [4.78, 5) is 23.2. The Kier molecular flexibility index (Phi) is 6.87. The highest BCUT2D eigenvalue weighted by Gasteiger charge is 2.41. The van der Waals surface area contributed by atoms with Crippen LogP contribution in [0, 0.1) is 5.92 Å². The molecule has 6 heteroatoms. The molecule has 2 atom stereocenters. The number of thioether (sulfide) groups is 1. The number of hydrogen-bond donors (Lipinski definition) is 0. The van der Waals surface area contributed by atoms with Gasteiger partial charge in [-0.1, -0.05) is 44.0 Å². The van der Waals surface area contributed by atoms with Crippen LogP contribution in [0.15, 0.2) is 62.9 Å². The lowest BCUT2D eigenvalue weighted by molar-refractivity contribution is -0.124. The fraction of sp³-hybridized carbons (Fsp3) is 0.360. The Morgan fingerprint density at radius 2 is 1.87 bits per heavy atom. The predicted octanol–water partition coefficient (Wildman–Crippen LogP) is 6.70. The number of anilines is 1. The van der Waals surface area contributed by atoms with Gasteiger partial charge >= 0.3 is 0 Å².